The number of nitrogens with zero attached hydrogens (tertiary/aromatic N) is 1. The number of rotatable bonds is 6. The van der Waals surface area contributed by atoms with E-state index < -0.39 is 0 Å². The summed E-state index contributed by atoms with van der Waals surface area (Å²) in [7, 11) is 1.65. The first kappa shape index (κ1) is 16.7. The minimum Gasteiger partial charge on any atom is -0.497 e. The Morgan fingerprint density at radius 2 is 2.04 bits per heavy atom. The molecule has 3 aromatic rings. The van der Waals surface area contributed by atoms with Crippen LogP contribution in [-0.2, 0) is 11.2 Å². The SMILES string of the molecule is COc1ccc(-c2nc(NC(=O)CCc3cccs3)sc2C)cc1. The highest BCUT2D eigenvalue weighted by Gasteiger charge is 2.12. The molecule has 24 heavy (non-hydrogen) atoms. The molecular formula is C18H18N2O2S2. The number of nitrogens with one attached hydrogen (secondary N) is 1. The third-order valence-electron chi connectivity index (χ3n) is 3.58. The highest BCUT2D eigenvalue weighted by atomic mass is 32.1. The van der Waals surface area contributed by atoms with Crippen molar-refractivity contribution in [2.75, 3.05) is 12.4 Å². The molecule has 0 saturated carbocycles. The number of amides is 1. The van der Waals surface area contributed by atoms with Crippen LogP contribution in [0, 0.1) is 6.92 Å². The molecule has 2 heterocycles. The molecule has 4 nitrogen and oxygen atoms in total. The summed E-state index contributed by atoms with van der Waals surface area (Å²) < 4.78 is 5.18. The molecule has 0 unspecified atom stereocenters. The molecule has 0 radical (unpaired) electrons. The Hall–Kier alpha value is -2.18. The third-order valence-corrected chi connectivity index (χ3v) is 5.41. The Morgan fingerprint density at radius 3 is 2.71 bits per heavy atom. The average Bonchev–Trinajstić information content (AvgIpc) is 3.23. The lowest BCUT2D eigenvalue weighted by molar-refractivity contribution is -0.116. The molecule has 0 spiro atoms. The van der Waals surface area contributed by atoms with Crippen molar-refractivity contribution < 1.29 is 9.53 Å². The van der Waals surface area contributed by atoms with Gasteiger partial charge in [-0.25, -0.2) is 4.98 Å². The molecule has 3 rings (SSSR count). The van der Waals surface area contributed by atoms with Gasteiger partial charge in [-0.15, -0.1) is 22.7 Å². The van der Waals surface area contributed by atoms with Gasteiger partial charge < -0.3 is 10.1 Å². The lowest BCUT2D eigenvalue weighted by Crippen LogP contribution is -2.11. The van der Waals surface area contributed by atoms with E-state index in [1.807, 2.05) is 48.7 Å². The van der Waals surface area contributed by atoms with Gasteiger partial charge in [-0.1, -0.05) is 6.07 Å². The van der Waals surface area contributed by atoms with E-state index in [1.165, 1.54) is 16.2 Å². The molecule has 2 aromatic heterocycles. The van der Waals surface area contributed by atoms with Gasteiger partial charge >= 0.3 is 0 Å². The first-order valence-corrected chi connectivity index (χ1v) is 9.29. The Labute approximate surface area is 149 Å². The minimum absolute atomic E-state index is 0.00145. The summed E-state index contributed by atoms with van der Waals surface area (Å²) in [6.07, 6.45) is 1.23. The zero-order chi connectivity index (χ0) is 16.9. The predicted molar refractivity (Wildman–Crippen MR) is 100 cm³/mol. The van der Waals surface area contributed by atoms with Crippen molar-refractivity contribution in [2.24, 2.45) is 0 Å². The van der Waals surface area contributed by atoms with Crippen LogP contribution < -0.4 is 10.1 Å². The van der Waals surface area contributed by atoms with Crippen molar-refractivity contribution in [1.82, 2.24) is 4.98 Å². The Kier molecular flexibility index (Phi) is 5.27. The summed E-state index contributed by atoms with van der Waals surface area (Å²) >= 11 is 3.17. The number of carbonyl (C=O) groups is 1. The van der Waals surface area contributed by atoms with E-state index >= 15 is 0 Å². The van der Waals surface area contributed by atoms with E-state index in [0.29, 0.717) is 11.6 Å². The first-order chi connectivity index (χ1) is 11.7. The molecule has 124 valence electrons. The number of hydrogen-bond acceptors (Lipinski definition) is 5. The second-order valence-corrected chi connectivity index (χ2v) is 7.52. The Bertz CT molecular complexity index is 808. The topological polar surface area (TPSA) is 51.2 Å². The number of methoxy groups -OCH3 is 1. The summed E-state index contributed by atoms with van der Waals surface area (Å²) in [6, 6.07) is 11.8. The van der Waals surface area contributed by atoms with E-state index in [1.54, 1.807) is 18.4 Å². The van der Waals surface area contributed by atoms with Gasteiger partial charge in [0.2, 0.25) is 5.91 Å². The molecule has 1 aromatic carbocycles. The molecule has 6 heteroatoms. The number of benzene rings is 1. The summed E-state index contributed by atoms with van der Waals surface area (Å²) in [5, 5.41) is 5.58. The van der Waals surface area contributed by atoms with Gasteiger partial charge in [0, 0.05) is 21.7 Å². The van der Waals surface area contributed by atoms with Crippen molar-refractivity contribution in [3.05, 3.63) is 51.5 Å². The van der Waals surface area contributed by atoms with E-state index in [4.69, 9.17) is 4.74 Å². The van der Waals surface area contributed by atoms with E-state index in [2.05, 4.69) is 10.3 Å². The second-order valence-electron chi connectivity index (χ2n) is 5.28. The van der Waals surface area contributed by atoms with Crippen molar-refractivity contribution >= 4 is 33.7 Å². The van der Waals surface area contributed by atoms with Crippen molar-refractivity contribution in [3.63, 3.8) is 0 Å². The van der Waals surface area contributed by atoms with Crippen LogP contribution in [0.3, 0.4) is 0 Å². The number of ether oxygens (including phenoxy) is 1. The number of thiazole rings is 1. The van der Waals surface area contributed by atoms with E-state index in [9.17, 15) is 4.79 Å². The molecule has 1 amide bonds. The fourth-order valence-electron chi connectivity index (χ4n) is 2.34. The fourth-order valence-corrected chi connectivity index (χ4v) is 3.90. The van der Waals surface area contributed by atoms with Crippen LogP contribution in [0.4, 0.5) is 5.13 Å². The van der Waals surface area contributed by atoms with Crippen molar-refractivity contribution in [3.8, 4) is 17.0 Å². The molecule has 0 aliphatic heterocycles. The van der Waals surface area contributed by atoms with Gasteiger partial charge in [0.25, 0.3) is 0 Å². The summed E-state index contributed by atoms with van der Waals surface area (Å²) in [6.45, 7) is 2.01. The molecule has 0 aliphatic rings. The fraction of sp³-hybridized carbons (Fsp3) is 0.222. The third kappa shape index (κ3) is 4.01. The minimum atomic E-state index is -0.00145. The quantitative estimate of drug-likeness (QED) is 0.691. The largest absolute Gasteiger partial charge is 0.497 e. The normalized spacial score (nSPS) is 10.6. The first-order valence-electron chi connectivity index (χ1n) is 7.60. The van der Waals surface area contributed by atoms with Gasteiger partial charge in [-0.3, -0.25) is 4.79 Å². The molecule has 0 atom stereocenters. The number of anilines is 1. The lowest BCUT2D eigenvalue weighted by atomic mass is 10.1. The maximum atomic E-state index is 12.1. The highest BCUT2D eigenvalue weighted by Crippen LogP contribution is 2.31. The highest BCUT2D eigenvalue weighted by molar-refractivity contribution is 7.16. The van der Waals surface area contributed by atoms with E-state index in [0.717, 1.165) is 28.3 Å². The van der Waals surface area contributed by atoms with Crippen LogP contribution in [0.2, 0.25) is 0 Å². The van der Waals surface area contributed by atoms with Crippen LogP contribution in [-0.4, -0.2) is 18.0 Å². The summed E-state index contributed by atoms with van der Waals surface area (Å²) in [5.41, 5.74) is 1.92. The number of aryl methyl sites for hydroxylation is 2. The van der Waals surface area contributed by atoms with Crippen molar-refractivity contribution in [1.29, 1.82) is 0 Å². The maximum absolute atomic E-state index is 12.1. The van der Waals surface area contributed by atoms with Gasteiger partial charge in [0.1, 0.15) is 5.75 Å². The summed E-state index contributed by atoms with van der Waals surface area (Å²) in [4.78, 5) is 19.0. The zero-order valence-corrected chi connectivity index (χ0v) is 15.2. The van der Waals surface area contributed by atoms with Crippen LogP contribution in [0.1, 0.15) is 16.2 Å². The molecular weight excluding hydrogens is 340 g/mol. The maximum Gasteiger partial charge on any atom is 0.226 e. The molecule has 0 saturated heterocycles. The Morgan fingerprint density at radius 1 is 1.25 bits per heavy atom. The summed E-state index contributed by atoms with van der Waals surface area (Å²) in [5.74, 6) is 0.812. The standard InChI is InChI=1S/C18H18N2O2S2/c1-12-17(13-5-7-14(22-2)8-6-13)20-18(24-12)19-16(21)10-9-15-4-3-11-23-15/h3-8,11H,9-10H2,1-2H3,(H,19,20,21). The Balaban J connectivity index is 1.65. The molecule has 1 N–H and O–H groups in total. The number of thiophene rings is 1. The molecule has 0 bridgehead atoms. The predicted octanol–water partition coefficient (Wildman–Crippen LogP) is 4.76. The zero-order valence-electron chi connectivity index (χ0n) is 13.5. The van der Waals surface area contributed by atoms with Gasteiger partial charge in [0.15, 0.2) is 5.13 Å². The van der Waals surface area contributed by atoms with Crippen molar-refractivity contribution in [2.45, 2.75) is 19.8 Å². The smallest absolute Gasteiger partial charge is 0.226 e. The van der Waals surface area contributed by atoms with Crippen LogP contribution in [0.15, 0.2) is 41.8 Å². The van der Waals surface area contributed by atoms with Crippen LogP contribution in [0.25, 0.3) is 11.3 Å². The van der Waals surface area contributed by atoms with Crippen LogP contribution in [0.5, 0.6) is 5.75 Å². The van der Waals surface area contributed by atoms with Crippen LogP contribution >= 0.6 is 22.7 Å². The second kappa shape index (κ2) is 7.59. The van der Waals surface area contributed by atoms with Gasteiger partial charge in [0.05, 0.1) is 12.8 Å². The molecule has 0 fully saturated rings. The monoisotopic (exact) mass is 358 g/mol. The lowest BCUT2D eigenvalue weighted by Gasteiger charge is -2.02. The number of aromatic nitrogens is 1. The number of carbonyl (C=O) groups excluding carboxylic acids is 1. The average molecular weight is 358 g/mol. The molecule has 0 aliphatic carbocycles. The number of hydrogen-bond donors (Lipinski definition) is 1. The van der Waals surface area contributed by atoms with E-state index in [-0.39, 0.29) is 5.91 Å². The van der Waals surface area contributed by atoms with Gasteiger partial charge in [-0.05, 0) is 49.1 Å². The van der Waals surface area contributed by atoms with Gasteiger partial charge in [-0.2, -0.15) is 0 Å².